The number of hydrogen-bond donors (Lipinski definition) is 0. The van der Waals surface area contributed by atoms with Crippen LogP contribution < -0.4 is 0 Å². The van der Waals surface area contributed by atoms with Crippen LogP contribution in [0.4, 0.5) is 8.78 Å². The lowest BCUT2D eigenvalue weighted by Crippen LogP contribution is -2.41. The SMILES string of the molecule is CC(F)C1(c2ccc(F)cc2)CCC1. The third-order valence-electron chi connectivity index (χ3n) is 3.43. The van der Waals surface area contributed by atoms with Crippen LogP contribution in [0, 0.1) is 5.82 Å². The van der Waals surface area contributed by atoms with Crippen LogP contribution in [0.2, 0.25) is 0 Å². The van der Waals surface area contributed by atoms with E-state index in [2.05, 4.69) is 0 Å². The fraction of sp³-hybridized carbons (Fsp3) is 0.500. The van der Waals surface area contributed by atoms with E-state index in [9.17, 15) is 8.78 Å². The van der Waals surface area contributed by atoms with Gasteiger partial charge in [-0.25, -0.2) is 8.78 Å². The van der Waals surface area contributed by atoms with Gasteiger partial charge < -0.3 is 0 Å². The first-order chi connectivity index (χ1) is 6.65. The molecule has 1 aliphatic carbocycles. The molecule has 14 heavy (non-hydrogen) atoms. The zero-order chi connectivity index (χ0) is 10.2. The molecule has 76 valence electrons. The zero-order valence-electron chi connectivity index (χ0n) is 8.26. The molecule has 1 aromatic rings. The Bertz CT molecular complexity index is 310. The van der Waals surface area contributed by atoms with E-state index in [1.807, 2.05) is 0 Å². The Balaban J connectivity index is 2.32. The molecule has 1 unspecified atom stereocenters. The van der Waals surface area contributed by atoms with Crippen LogP contribution in [-0.4, -0.2) is 6.17 Å². The average molecular weight is 196 g/mol. The lowest BCUT2D eigenvalue weighted by molar-refractivity contribution is 0.114. The molecule has 1 atom stereocenters. The molecular formula is C12H14F2. The molecule has 0 spiro atoms. The van der Waals surface area contributed by atoms with Gasteiger partial charge in [-0.05, 0) is 37.5 Å². The first kappa shape index (κ1) is 9.63. The summed E-state index contributed by atoms with van der Waals surface area (Å²) in [6, 6.07) is 6.25. The highest BCUT2D eigenvalue weighted by atomic mass is 19.1. The molecule has 1 saturated carbocycles. The standard InChI is InChI=1S/C12H14F2/c1-9(13)12(7-2-8-12)10-3-5-11(14)6-4-10/h3-6,9H,2,7-8H2,1H3. The molecule has 1 aliphatic rings. The van der Waals surface area contributed by atoms with Crippen molar-refractivity contribution in [2.75, 3.05) is 0 Å². The molecule has 1 fully saturated rings. The molecule has 0 bridgehead atoms. The summed E-state index contributed by atoms with van der Waals surface area (Å²) in [6.45, 7) is 1.60. The van der Waals surface area contributed by atoms with Gasteiger partial charge >= 0.3 is 0 Å². The second kappa shape index (κ2) is 3.34. The number of benzene rings is 1. The molecule has 0 aliphatic heterocycles. The summed E-state index contributed by atoms with van der Waals surface area (Å²) in [5.41, 5.74) is 0.619. The molecular weight excluding hydrogens is 182 g/mol. The Morgan fingerprint density at radius 1 is 1.21 bits per heavy atom. The minimum atomic E-state index is -0.846. The van der Waals surface area contributed by atoms with Gasteiger partial charge in [0.1, 0.15) is 12.0 Å². The minimum Gasteiger partial charge on any atom is -0.247 e. The smallest absolute Gasteiger partial charge is 0.123 e. The Kier molecular flexibility index (Phi) is 2.30. The van der Waals surface area contributed by atoms with Gasteiger partial charge in [-0.1, -0.05) is 18.6 Å². The lowest BCUT2D eigenvalue weighted by Gasteiger charge is -2.43. The van der Waals surface area contributed by atoms with Crippen LogP contribution in [-0.2, 0) is 5.41 Å². The fourth-order valence-electron chi connectivity index (χ4n) is 2.26. The van der Waals surface area contributed by atoms with E-state index in [4.69, 9.17) is 0 Å². The van der Waals surface area contributed by atoms with Crippen molar-refractivity contribution in [2.45, 2.75) is 37.8 Å². The first-order valence-electron chi connectivity index (χ1n) is 5.05. The molecule has 2 heteroatoms. The van der Waals surface area contributed by atoms with Gasteiger partial charge in [0.15, 0.2) is 0 Å². The van der Waals surface area contributed by atoms with Gasteiger partial charge in [-0.3, -0.25) is 0 Å². The van der Waals surface area contributed by atoms with E-state index in [1.54, 1.807) is 19.1 Å². The molecule has 0 N–H and O–H groups in total. The van der Waals surface area contributed by atoms with Crippen LogP contribution in [0.5, 0.6) is 0 Å². The molecule has 2 rings (SSSR count). The summed E-state index contributed by atoms with van der Waals surface area (Å²) >= 11 is 0. The largest absolute Gasteiger partial charge is 0.247 e. The quantitative estimate of drug-likeness (QED) is 0.677. The van der Waals surface area contributed by atoms with E-state index < -0.39 is 6.17 Å². The lowest BCUT2D eigenvalue weighted by atomic mass is 9.62. The summed E-state index contributed by atoms with van der Waals surface area (Å²) in [5, 5.41) is 0. The van der Waals surface area contributed by atoms with Crippen molar-refractivity contribution in [1.29, 1.82) is 0 Å². The van der Waals surface area contributed by atoms with Crippen molar-refractivity contribution in [2.24, 2.45) is 0 Å². The predicted molar refractivity (Wildman–Crippen MR) is 52.5 cm³/mol. The predicted octanol–water partition coefficient (Wildman–Crippen LogP) is 3.61. The van der Waals surface area contributed by atoms with Gasteiger partial charge in [0.05, 0.1) is 0 Å². The molecule has 0 radical (unpaired) electrons. The highest BCUT2D eigenvalue weighted by Gasteiger charge is 2.43. The molecule has 0 aromatic heterocycles. The Morgan fingerprint density at radius 2 is 1.79 bits per heavy atom. The van der Waals surface area contributed by atoms with E-state index in [0.29, 0.717) is 0 Å². The summed E-state index contributed by atoms with van der Waals surface area (Å²) in [7, 11) is 0. The van der Waals surface area contributed by atoms with Crippen LogP contribution in [0.15, 0.2) is 24.3 Å². The molecule has 0 nitrogen and oxygen atoms in total. The van der Waals surface area contributed by atoms with Crippen molar-refractivity contribution < 1.29 is 8.78 Å². The zero-order valence-corrected chi connectivity index (χ0v) is 8.26. The van der Waals surface area contributed by atoms with Crippen molar-refractivity contribution in [3.63, 3.8) is 0 Å². The van der Waals surface area contributed by atoms with E-state index >= 15 is 0 Å². The normalized spacial score (nSPS) is 21.4. The molecule has 0 heterocycles. The Morgan fingerprint density at radius 3 is 2.14 bits per heavy atom. The second-order valence-corrected chi connectivity index (χ2v) is 4.13. The Labute approximate surface area is 82.9 Å². The van der Waals surface area contributed by atoms with Gasteiger partial charge in [0.25, 0.3) is 0 Å². The fourth-order valence-corrected chi connectivity index (χ4v) is 2.26. The average Bonchev–Trinajstić information content (AvgIpc) is 2.05. The summed E-state index contributed by atoms with van der Waals surface area (Å²) in [6.07, 6.45) is 2.00. The summed E-state index contributed by atoms with van der Waals surface area (Å²) in [5.74, 6) is -0.255. The molecule has 1 aromatic carbocycles. The third-order valence-corrected chi connectivity index (χ3v) is 3.43. The number of halogens is 2. The summed E-state index contributed by atoms with van der Waals surface area (Å²) < 4.78 is 26.2. The maximum Gasteiger partial charge on any atom is 0.123 e. The van der Waals surface area contributed by atoms with Gasteiger partial charge in [-0.15, -0.1) is 0 Å². The van der Waals surface area contributed by atoms with Crippen LogP contribution in [0.1, 0.15) is 31.7 Å². The second-order valence-electron chi connectivity index (χ2n) is 4.13. The maximum absolute atomic E-state index is 13.5. The van der Waals surface area contributed by atoms with E-state index in [-0.39, 0.29) is 11.2 Å². The van der Waals surface area contributed by atoms with Crippen LogP contribution in [0.3, 0.4) is 0 Å². The Hall–Kier alpha value is -0.920. The molecule has 0 amide bonds. The minimum absolute atomic E-state index is 0.255. The van der Waals surface area contributed by atoms with Crippen molar-refractivity contribution in [1.82, 2.24) is 0 Å². The maximum atomic E-state index is 13.5. The number of alkyl halides is 1. The van der Waals surface area contributed by atoms with Gasteiger partial charge in [-0.2, -0.15) is 0 Å². The number of hydrogen-bond acceptors (Lipinski definition) is 0. The summed E-state index contributed by atoms with van der Waals surface area (Å²) in [4.78, 5) is 0. The van der Waals surface area contributed by atoms with Crippen LogP contribution >= 0.6 is 0 Å². The van der Waals surface area contributed by atoms with Gasteiger partial charge in [0, 0.05) is 5.41 Å². The van der Waals surface area contributed by atoms with Crippen molar-refractivity contribution in [3.05, 3.63) is 35.6 Å². The molecule has 0 saturated heterocycles. The van der Waals surface area contributed by atoms with Crippen molar-refractivity contribution in [3.8, 4) is 0 Å². The highest BCUT2D eigenvalue weighted by molar-refractivity contribution is 5.29. The van der Waals surface area contributed by atoms with E-state index in [1.165, 1.54) is 12.1 Å². The third kappa shape index (κ3) is 1.33. The van der Waals surface area contributed by atoms with Gasteiger partial charge in [0.2, 0.25) is 0 Å². The van der Waals surface area contributed by atoms with Crippen molar-refractivity contribution >= 4 is 0 Å². The van der Waals surface area contributed by atoms with E-state index in [0.717, 1.165) is 24.8 Å². The first-order valence-corrected chi connectivity index (χ1v) is 5.05. The van der Waals surface area contributed by atoms with Crippen LogP contribution in [0.25, 0.3) is 0 Å². The number of rotatable bonds is 2. The highest BCUT2D eigenvalue weighted by Crippen LogP contribution is 2.47. The topological polar surface area (TPSA) is 0 Å². The monoisotopic (exact) mass is 196 g/mol.